The Morgan fingerprint density at radius 2 is 2.12 bits per heavy atom. The number of likely N-dealkylation sites (tertiary alicyclic amines) is 1. The lowest BCUT2D eigenvalue weighted by atomic mass is 10.1. The molecular formula is C18H22N2O4. The van der Waals surface area contributed by atoms with Crippen LogP contribution in [0.5, 0.6) is 0 Å². The minimum absolute atomic E-state index is 0.0201. The Morgan fingerprint density at radius 3 is 2.83 bits per heavy atom. The molecule has 24 heavy (non-hydrogen) atoms. The molecule has 1 aliphatic heterocycles. The lowest BCUT2D eigenvalue weighted by Gasteiger charge is -2.30. The molecule has 3 heterocycles. The van der Waals surface area contributed by atoms with Crippen LogP contribution in [0.25, 0.3) is 0 Å². The van der Waals surface area contributed by atoms with Gasteiger partial charge in [-0.15, -0.1) is 0 Å². The second kappa shape index (κ2) is 6.95. The van der Waals surface area contributed by atoms with Crippen molar-refractivity contribution in [2.75, 3.05) is 13.7 Å². The lowest BCUT2D eigenvalue weighted by Crippen LogP contribution is -2.35. The maximum atomic E-state index is 13.0. The summed E-state index contributed by atoms with van der Waals surface area (Å²) in [5.41, 5.74) is 1.37. The summed E-state index contributed by atoms with van der Waals surface area (Å²) >= 11 is 0. The molecule has 1 atom stereocenters. The van der Waals surface area contributed by atoms with Crippen molar-refractivity contribution in [3.05, 3.63) is 47.7 Å². The molecule has 0 bridgehead atoms. The van der Waals surface area contributed by atoms with Gasteiger partial charge < -0.3 is 18.6 Å². The Hall–Kier alpha value is -2.50. The van der Waals surface area contributed by atoms with Gasteiger partial charge in [-0.1, -0.05) is 12.8 Å². The smallest absolute Gasteiger partial charge is 0.341 e. The highest BCUT2D eigenvalue weighted by molar-refractivity contribution is 5.96. The molecule has 2 aromatic heterocycles. The van der Waals surface area contributed by atoms with Crippen molar-refractivity contribution in [2.24, 2.45) is 7.05 Å². The Labute approximate surface area is 141 Å². The number of hydrogen-bond donors (Lipinski definition) is 0. The summed E-state index contributed by atoms with van der Waals surface area (Å²) < 4.78 is 12.1. The van der Waals surface area contributed by atoms with Crippen molar-refractivity contribution in [2.45, 2.75) is 31.7 Å². The van der Waals surface area contributed by atoms with Gasteiger partial charge in [0.15, 0.2) is 5.76 Å². The molecule has 128 valence electrons. The number of carbonyl (C=O) groups excluding carboxylic acids is 2. The third-order valence-electron chi connectivity index (χ3n) is 4.57. The Kier molecular flexibility index (Phi) is 4.74. The molecular weight excluding hydrogens is 308 g/mol. The van der Waals surface area contributed by atoms with Crippen molar-refractivity contribution >= 4 is 11.9 Å². The molecule has 6 nitrogen and oxygen atoms in total. The third kappa shape index (κ3) is 3.09. The van der Waals surface area contributed by atoms with Gasteiger partial charge in [-0.3, -0.25) is 4.79 Å². The van der Waals surface area contributed by atoms with Crippen molar-refractivity contribution in [1.82, 2.24) is 9.47 Å². The van der Waals surface area contributed by atoms with E-state index in [0.29, 0.717) is 6.54 Å². The average Bonchev–Trinajstić information content (AvgIpc) is 3.17. The normalized spacial score (nSPS) is 18.2. The molecule has 1 amide bonds. The maximum absolute atomic E-state index is 13.0. The first kappa shape index (κ1) is 16.4. The van der Waals surface area contributed by atoms with E-state index < -0.39 is 5.97 Å². The van der Waals surface area contributed by atoms with Crippen LogP contribution < -0.4 is 0 Å². The summed E-state index contributed by atoms with van der Waals surface area (Å²) in [6, 6.07) is 5.52. The molecule has 3 rings (SSSR count). The summed E-state index contributed by atoms with van der Waals surface area (Å²) in [6.45, 7) is 0.683. The topological polar surface area (TPSA) is 64.7 Å². The fourth-order valence-corrected chi connectivity index (χ4v) is 3.29. The van der Waals surface area contributed by atoms with Gasteiger partial charge in [-0.2, -0.15) is 0 Å². The summed E-state index contributed by atoms with van der Waals surface area (Å²) in [5, 5.41) is 0. The zero-order valence-electron chi connectivity index (χ0n) is 14.0. The zero-order valence-corrected chi connectivity index (χ0v) is 14.0. The summed E-state index contributed by atoms with van der Waals surface area (Å²) in [4.78, 5) is 26.4. The number of carbonyl (C=O) groups is 2. The van der Waals surface area contributed by atoms with Crippen LogP contribution in [0.4, 0.5) is 0 Å². The van der Waals surface area contributed by atoms with Crippen molar-refractivity contribution in [1.29, 1.82) is 0 Å². The van der Waals surface area contributed by atoms with E-state index in [4.69, 9.17) is 4.42 Å². The number of ether oxygens (including phenoxy) is 1. The van der Waals surface area contributed by atoms with Crippen LogP contribution in [-0.4, -0.2) is 35.0 Å². The van der Waals surface area contributed by atoms with Gasteiger partial charge >= 0.3 is 5.97 Å². The highest BCUT2D eigenvalue weighted by atomic mass is 16.5. The molecule has 2 aromatic rings. The Bertz CT molecular complexity index is 731. The number of aromatic nitrogens is 1. The summed E-state index contributed by atoms with van der Waals surface area (Å²) in [7, 11) is 3.29. The largest absolute Gasteiger partial charge is 0.465 e. The number of rotatable bonds is 3. The minimum atomic E-state index is -0.507. The predicted molar refractivity (Wildman–Crippen MR) is 87.7 cm³/mol. The second-order valence-corrected chi connectivity index (χ2v) is 6.10. The standard InChI is InChI=1S/C18H22N2O4/c1-19-9-6-8-14(19)15-7-4-3-5-10-20(15)17(21)16-11-13(12-24-16)18(22)23-2/h6,8-9,11-12,15H,3-5,7,10H2,1-2H3/t15-/m1/s1. The molecule has 0 N–H and O–H groups in total. The quantitative estimate of drug-likeness (QED) is 0.811. The van der Waals surface area contributed by atoms with E-state index >= 15 is 0 Å². The van der Waals surface area contributed by atoms with Gasteiger partial charge in [0.25, 0.3) is 5.91 Å². The summed E-state index contributed by atoms with van der Waals surface area (Å²) in [6.07, 6.45) is 7.35. The van der Waals surface area contributed by atoms with E-state index in [-0.39, 0.29) is 23.3 Å². The van der Waals surface area contributed by atoms with Crippen LogP contribution in [0.1, 0.15) is 58.3 Å². The first-order valence-corrected chi connectivity index (χ1v) is 8.21. The Balaban J connectivity index is 1.88. The van der Waals surface area contributed by atoms with E-state index in [1.165, 1.54) is 19.4 Å². The molecule has 0 unspecified atom stereocenters. The highest BCUT2D eigenvalue weighted by Crippen LogP contribution is 2.31. The number of nitrogens with zero attached hydrogens (tertiary/aromatic N) is 2. The molecule has 6 heteroatoms. The van der Waals surface area contributed by atoms with Crippen molar-refractivity contribution in [3.8, 4) is 0 Å². The van der Waals surface area contributed by atoms with Crippen LogP contribution in [0.2, 0.25) is 0 Å². The van der Waals surface area contributed by atoms with E-state index in [2.05, 4.69) is 15.4 Å². The number of hydrogen-bond acceptors (Lipinski definition) is 4. The van der Waals surface area contributed by atoms with E-state index in [9.17, 15) is 9.59 Å². The van der Waals surface area contributed by atoms with E-state index in [0.717, 1.165) is 31.4 Å². The van der Waals surface area contributed by atoms with Gasteiger partial charge in [0.2, 0.25) is 0 Å². The molecule has 0 spiro atoms. The maximum Gasteiger partial charge on any atom is 0.341 e. The first-order valence-electron chi connectivity index (χ1n) is 8.21. The predicted octanol–water partition coefficient (Wildman–Crippen LogP) is 3.16. The van der Waals surface area contributed by atoms with Crippen molar-refractivity contribution < 1.29 is 18.7 Å². The van der Waals surface area contributed by atoms with Gasteiger partial charge in [-0.25, -0.2) is 4.79 Å². The number of methoxy groups -OCH3 is 1. The third-order valence-corrected chi connectivity index (χ3v) is 4.57. The van der Waals surface area contributed by atoms with Gasteiger partial charge in [0.1, 0.15) is 6.26 Å². The molecule has 1 fully saturated rings. The number of furan rings is 1. The molecule has 0 aromatic carbocycles. The van der Waals surface area contributed by atoms with Crippen LogP contribution in [0.3, 0.4) is 0 Å². The van der Waals surface area contributed by atoms with Crippen LogP contribution in [0.15, 0.2) is 35.1 Å². The lowest BCUT2D eigenvalue weighted by molar-refractivity contribution is 0.0598. The van der Waals surface area contributed by atoms with Crippen LogP contribution in [-0.2, 0) is 11.8 Å². The molecule has 1 aliphatic rings. The first-order chi connectivity index (χ1) is 11.6. The number of aryl methyl sites for hydroxylation is 1. The average molecular weight is 330 g/mol. The van der Waals surface area contributed by atoms with Gasteiger partial charge in [0, 0.05) is 31.5 Å². The minimum Gasteiger partial charge on any atom is -0.465 e. The number of esters is 1. The number of amides is 1. The monoisotopic (exact) mass is 330 g/mol. The molecule has 1 saturated heterocycles. The highest BCUT2D eigenvalue weighted by Gasteiger charge is 2.30. The molecule has 0 saturated carbocycles. The van der Waals surface area contributed by atoms with Gasteiger partial charge in [0.05, 0.1) is 18.7 Å². The Morgan fingerprint density at radius 1 is 1.29 bits per heavy atom. The summed E-state index contributed by atoms with van der Waals surface area (Å²) in [5.74, 6) is -0.512. The van der Waals surface area contributed by atoms with E-state index in [1.54, 1.807) is 0 Å². The zero-order chi connectivity index (χ0) is 17.1. The van der Waals surface area contributed by atoms with Crippen LogP contribution >= 0.6 is 0 Å². The van der Waals surface area contributed by atoms with Crippen molar-refractivity contribution in [3.63, 3.8) is 0 Å². The van der Waals surface area contributed by atoms with Gasteiger partial charge in [-0.05, 0) is 25.0 Å². The fraction of sp³-hybridized carbons (Fsp3) is 0.444. The fourth-order valence-electron chi connectivity index (χ4n) is 3.29. The van der Waals surface area contributed by atoms with E-state index in [1.807, 2.05) is 24.2 Å². The SMILES string of the molecule is COC(=O)c1coc(C(=O)N2CCCCC[C@@H]2c2cccn2C)c1. The second-order valence-electron chi connectivity index (χ2n) is 6.10. The molecule has 0 aliphatic carbocycles. The molecule has 0 radical (unpaired) electrons. The van der Waals surface area contributed by atoms with Crippen LogP contribution in [0, 0.1) is 0 Å².